The summed E-state index contributed by atoms with van der Waals surface area (Å²) in [6, 6.07) is 16.7. The molecule has 3 aromatic heterocycles. The molecule has 0 spiro atoms. The van der Waals surface area contributed by atoms with Gasteiger partial charge in [0.2, 0.25) is 0 Å². The fraction of sp³-hybridized carbons (Fsp3) is 0.120. The smallest absolute Gasteiger partial charge is 0.257 e. The van der Waals surface area contributed by atoms with Crippen molar-refractivity contribution in [3.63, 3.8) is 0 Å². The fourth-order valence-electron chi connectivity index (χ4n) is 3.71. The molecule has 0 fully saturated rings. The van der Waals surface area contributed by atoms with E-state index in [0.29, 0.717) is 40.2 Å². The second kappa shape index (κ2) is 9.43. The molecule has 3 heterocycles. The number of thiophene rings is 1. The van der Waals surface area contributed by atoms with Crippen LogP contribution in [0.5, 0.6) is 11.5 Å². The molecule has 0 unspecified atom stereocenters. The van der Waals surface area contributed by atoms with Gasteiger partial charge in [0.25, 0.3) is 5.91 Å². The van der Waals surface area contributed by atoms with Gasteiger partial charge < -0.3 is 20.5 Å². The number of nitrogens with zero attached hydrogens (tertiary/aromatic N) is 4. The van der Waals surface area contributed by atoms with Crippen LogP contribution in [0.15, 0.2) is 65.1 Å². The maximum atomic E-state index is 13.2. The number of ether oxygens (including phenoxy) is 2. The zero-order valence-electron chi connectivity index (χ0n) is 19.1. The van der Waals surface area contributed by atoms with Gasteiger partial charge in [-0.15, -0.1) is 11.3 Å². The normalized spacial score (nSPS) is 11.4. The molecule has 5 aromatic rings. The number of nitrogens with two attached hydrogens (primary N) is 1. The van der Waals surface area contributed by atoms with Crippen molar-refractivity contribution < 1.29 is 14.3 Å². The molecule has 35 heavy (non-hydrogen) atoms. The number of hydrogen-bond acceptors (Lipinski definition) is 8. The van der Waals surface area contributed by atoms with Crippen molar-refractivity contribution in [3.05, 3.63) is 76.0 Å². The highest BCUT2D eigenvalue weighted by Gasteiger charge is 2.24. The average Bonchev–Trinajstić information content (AvgIpc) is 3.50. The molecule has 0 bridgehead atoms. The second-order valence-corrected chi connectivity index (χ2v) is 8.61. The van der Waals surface area contributed by atoms with E-state index in [2.05, 4.69) is 10.4 Å². The van der Waals surface area contributed by atoms with Gasteiger partial charge in [0.1, 0.15) is 16.9 Å². The van der Waals surface area contributed by atoms with Crippen molar-refractivity contribution in [2.75, 3.05) is 20.0 Å². The summed E-state index contributed by atoms with van der Waals surface area (Å²) in [7, 11) is 3.14. The summed E-state index contributed by atoms with van der Waals surface area (Å²) in [6.07, 6.45) is 1.61. The third-order valence-corrected chi connectivity index (χ3v) is 6.31. The van der Waals surface area contributed by atoms with Crippen LogP contribution in [0.25, 0.3) is 22.2 Å². The van der Waals surface area contributed by atoms with Crippen LogP contribution in [-0.2, 0) is 6.54 Å². The van der Waals surface area contributed by atoms with Crippen LogP contribution < -0.4 is 20.5 Å². The predicted octanol–water partition coefficient (Wildman–Crippen LogP) is 4.06. The van der Waals surface area contributed by atoms with E-state index in [1.54, 1.807) is 43.9 Å². The third-order valence-electron chi connectivity index (χ3n) is 5.43. The van der Waals surface area contributed by atoms with Gasteiger partial charge in [-0.2, -0.15) is 9.78 Å². The monoisotopic (exact) mass is 486 g/mol. The minimum atomic E-state index is -0.342. The standard InChI is InChI=1S/C25H22N6O3S/c1-33-19-10-9-15(12-20(19)34-2)13-28-31-23(26)21(25(32)27-14-16-6-5-11-35-16)22-24(31)30-18-8-4-3-7-17(18)29-22/h3-13H,14,26H2,1-2H3,(H,27,32). The number of hydrogen-bond donors (Lipinski definition) is 2. The van der Waals surface area contributed by atoms with E-state index >= 15 is 0 Å². The number of carbonyl (C=O) groups is 1. The van der Waals surface area contributed by atoms with Crippen molar-refractivity contribution in [2.45, 2.75) is 6.54 Å². The first-order valence-electron chi connectivity index (χ1n) is 10.7. The Labute approximate surface area is 204 Å². The molecule has 0 aliphatic rings. The van der Waals surface area contributed by atoms with Gasteiger partial charge in [0.05, 0.1) is 38.0 Å². The van der Waals surface area contributed by atoms with Crippen LogP contribution in [0, 0.1) is 0 Å². The quantitative estimate of drug-likeness (QED) is 0.335. The van der Waals surface area contributed by atoms with E-state index in [4.69, 9.17) is 25.2 Å². The summed E-state index contributed by atoms with van der Waals surface area (Å²) >= 11 is 1.56. The Morgan fingerprint density at radius 1 is 1.09 bits per heavy atom. The molecule has 1 amide bonds. The summed E-state index contributed by atoms with van der Waals surface area (Å²) in [5, 5.41) is 9.43. The number of benzene rings is 2. The Morgan fingerprint density at radius 3 is 2.57 bits per heavy atom. The Hall–Kier alpha value is -4.44. The Kier molecular flexibility index (Phi) is 6.02. The Morgan fingerprint density at radius 2 is 1.86 bits per heavy atom. The number of anilines is 1. The second-order valence-electron chi connectivity index (χ2n) is 7.58. The summed E-state index contributed by atoms with van der Waals surface area (Å²) in [5.41, 5.74) is 9.55. The minimum absolute atomic E-state index is 0.149. The lowest BCUT2D eigenvalue weighted by Crippen LogP contribution is -2.23. The fourth-order valence-corrected chi connectivity index (χ4v) is 4.36. The van der Waals surface area contributed by atoms with Crippen molar-refractivity contribution in [1.29, 1.82) is 0 Å². The van der Waals surface area contributed by atoms with E-state index in [0.717, 1.165) is 10.4 Å². The summed E-state index contributed by atoms with van der Waals surface area (Å²) in [5.74, 6) is 0.986. The molecule has 0 atom stereocenters. The highest BCUT2D eigenvalue weighted by atomic mass is 32.1. The van der Waals surface area contributed by atoms with E-state index < -0.39 is 0 Å². The van der Waals surface area contributed by atoms with Crippen LogP contribution in [-0.4, -0.2) is 41.0 Å². The van der Waals surface area contributed by atoms with Gasteiger partial charge in [-0.1, -0.05) is 18.2 Å². The van der Waals surface area contributed by atoms with Crippen molar-refractivity contribution >= 4 is 51.5 Å². The van der Waals surface area contributed by atoms with Gasteiger partial charge in [-0.05, 0) is 47.3 Å². The van der Waals surface area contributed by atoms with Crippen LogP contribution >= 0.6 is 11.3 Å². The van der Waals surface area contributed by atoms with Crippen molar-refractivity contribution in [1.82, 2.24) is 20.0 Å². The molecule has 9 nitrogen and oxygen atoms in total. The molecule has 2 aromatic carbocycles. The third kappa shape index (κ3) is 4.26. The lowest BCUT2D eigenvalue weighted by Gasteiger charge is -2.07. The number of methoxy groups -OCH3 is 2. The number of carbonyl (C=O) groups excluding carboxylic acids is 1. The molecule has 0 saturated carbocycles. The van der Waals surface area contributed by atoms with E-state index in [1.165, 1.54) is 4.68 Å². The number of aromatic nitrogens is 3. The molecule has 0 saturated heterocycles. The van der Waals surface area contributed by atoms with Crippen molar-refractivity contribution in [2.24, 2.45) is 5.10 Å². The topological polar surface area (TPSA) is 117 Å². The highest BCUT2D eigenvalue weighted by molar-refractivity contribution is 7.09. The summed E-state index contributed by atoms with van der Waals surface area (Å²) < 4.78 is 12.1. The van der Waals surface area contributed by atoms with Gasteiger partial charge in [0, 0.05) is 4.88 Å². The molecular formula is C25H22N6O3S. The number of para-hydroxylation sites is 2. The first-order chi connectivity index (χ1) is 17.1. The Bertz CT molecular complexity index is 1560. The Balaban J connectivity index is 1.60. The maximum Gasteiger partial charge on any atom is 0.257 e. The predicted molar refractivity (Wildman–Crippen MR) is 137 cm³/mol. The summed E-state index contributed by atoms with van der Waals surface area (Å²) in [4.78, 5) is 23.6. The number of nitrogen functional groups attached to an aromatic ring is 1. The zero-order chi connectivity index (χ0) is 24.4. The van der Waals surface area contributed by atoms with Gasteiger partial charge in [-0.3, -0.25) is 4.79 Å². The number of rotatable bonds is 7. The molecule has 0 radical (unpaired) electrons. The van der Waals surface area contributed by atoms with E-state index in [9.17, 15) is 4.79 Å². The molecule has 3 N–H and O–H groups in total. The summed E-state index contributed by atoms with van der Waals surface area (Å²) in [6.45, 7) is 0.387. The van der Waals surface area contributed by atoms with Gasteiger partial charge >= 0.3 is 0 Å². The number of fused-ring (bicyclic) bond motifs is 2. The zero-order valence-corrected chi connectivity index (χ0v) is 19.9. The largest absolute Gasteiger partial charge is 0.493 e. The van der Waals surface area contributed by atoms with E-state index in [-0.39, 0.29) is 17.3 Å². The van der Waals surface area contributed by atoms with Crippen molar-refractivity contribution in [3.8, 4) is 11.5 Å². The van der Waals surface area contributed by atoms with Crippen LogP contribution in [0.3, 0.4) is 0 Å². The van der Waals surface area contributed by atoms with Gasteiger partial charge in [-0.25, -0.2) is 9.97 Å². The van der Waals surface area contributed by atoms with Crippen LogP contribution in [0.2, 0.25) is 0 Å². The van der Waals surface area contributed by atoms with Crippen LogP contribution in [0.1, 0.15) is 20.8 Å². The molecule has 176 valence electrons. The SMILES string of the molecule is COc1ccc(C=Nn2c(N)c(C(=O)NCc3cccs3)c3nc4ccccc4nc32)cc1OC. The first-order valence-corrected chi connectivity index (χ1v) is 11.6. The lowest BCUT2D eigenvalue weighted by atomic mass is 10.2. The molecule has 10 heteroatoms. The average molecular weight is 487 g/mol. The molecule has 0 aliphatic carbocycles. The number of amides is 1. The first kappa shape index (κ1) is 22.4. The highest BCUT2D eigenvalue weighted by Crippen LogP contribution is 2.29. The van der Waals surface area contributed by atoms with Gasteiger partial charge in [0.15, 0.2) is 17.1 Å². The maximum absolute atomic E-state index is 13.2. The minimum Gasteiger partial charge on any atom is -0.493 e. The molecule has 5 rings (SSSR count). The molecular weight excluding hydrogens is 464 g/mol. The number of nitrogens with one attached hydrogen (secondary N) is 1. The van der Waals surface area contributed by atoms with E-state index in [1.807, 2.05) is 47.8 Å². The molecule has 0 aliphatic heterocycles. The lowest BCUT2D eigenvalue weighted by molar-refractivity contribution is 0.0953. The van der Waals surface area contributed by atoms with Crippen LogP contribution in [0.4, 0.5) is 5.82 Å².